The van der Waals surface area contributed by atoms with E-state index in [1.807, 2.05) is 19.1 Å². The van der Waals surface area contributed by atoms with Gasteiger partial charge in [0.15, 0.2) is 6.17 Å². The quantitative estimate of drug-likeness (QED) is 0.584. The maximum absolute atomic E-state index is 15.5. The highest BCUT2D eigenvalue weighted by molar-refractivity contribution is 5.30. The SMILES string of the molecule is Cc1ccc(CNC2NCNC(N3CCCC3c3ccc(OC(F)(F)F)cc3)C2F)cn1. The zero-order chi connectivity index (χ0) is 22.7. The molecule has 10 heteroatoms. The highest BCUT2D eigenvalue weighted by atomic mass is 19.4. The van der Waals surface area contributed by atoms with E-state index >= 15 is 4.39 Å². The second kappa shape index (κ2) is 9.70. The molecular formula is C22H27F4N5O. The lowest BCUT2D eigenvalue weighted by Crippen LogP contribution is -2.68. The number of nitrogens with zero attached hydrogens (tertiary/aromatic N) is 2. The lowest BCUT2D eigenvalue weighted by Gasteiger charge is -2.42. The molecule has 2 fully saturated rings. The minimum absolute atomic E-state index is 0.0780. The maximum Gasteiger partial charge on any atom is 0.573 e. The fraction of sp³-hybridized carbons (Fsp3) is 0.500. The van der Waals surface area contributed by atoms with Crippen molar-refractivity contribution in [3.63, 3.8) is 0 Å². The fourth-order valence-corrected chi connectivity index (χ4v) is 4.37. The van der Waals surface area contributed by atoms with Gasteiger partial charge in [-0.05, 0) is 49.1 Å². The van der Waals surface area contributed by atoms with Crippen LogP contribution >= 0.6 is 0 Å². The summed E-state index contributed by atoms with van der Waals surface area (Å²) in [5, 5.41) is 9.55. The van der Waals surface area contributed by atoms with Crippen LogP contribution in [0.3, 0.4) is 0 Å². The van der Waals surface area contributed by atoms with Gasteiger partial charge in [-0.25, -0.2) is 4.39 Å². The second-order valence-corrected chi connectivity index (χ2v) is 8.15. The summed E-state index contributed by atoms with van der Waals surface area (Å²) in [6.45, 7) is 3.55. The largest absolute Gasteiger partial charge is 0.573 e. The van der Waals surface area contributed by atoms with Crippen LogP contribution in [0, 0.1) is 6.92 Å². The van der Waals surface area contributed by atoms with E-state index in [0.717, 1.165) is 29.7 Å². The molecule has 174 valence electrons. The molecule has 0 saturated carbocycles. The van der Waals surface area contributed by atoms with Gasteiger partial charge in [0, 0.05) is 37.7 Å². The Morgan fingerprint density at radius 1 is 1.16 bits per heavy atom. The van der Waals surface area contributed by atoms with Crippen molar-refractivity contribution in [2.24, 2.45) is 0 Å². The maximum atomic E-state index is 15.5. The summed E-state index contributed by atoms with van der Waals surface area (Å²) in [7, 11) is 0. The number of hydrogen-bond acceptors (Lipinski definition) is 6. The number of benzene rings is 1. The van der Waals surface area contributed by atoms with Crippen LogP contribution in [0.4, 0.5) is 17.6 Å². The Bertz CT molecular complexity index is 877. The Morgan fingerprint density at radius 3 is 2.62 bits per heavy atom. The standard InChI is InChI=1S/C22H27F4N5O/c1-14-4-5-15(11-27-14)12-28-20-19(23)21(30-13-29-20)31-10-2-3-18(31)16-6-8-17(9-7-16)32-22(24,25)26/h4-9,11,18-21,28-30H,2-3,10,12-13H2,1H3. The number of ether oxygens (including phenoxy) is 1. The van der Waals surface area contributed by atoms with E-state index in [2.05, 4.69) is 30.6 Å². The van der Waals surface area contributed by atoms with Crippen LogP contribution in [-0.4, -0.2) is 48.0 Å². The first kappa shape index (κ1) is 22.9. The number of halogens is 4. The predicted octanol–water partition coefficient (Wildman–Crippen LogP) is 3.36. The molecule has 3 N–H and O–H groups in total. The minimum Gasteiger partial charge on any atom is -0.406 e. The van der Waals surface area contributed by atoms with E-state index in [1.54, 1.807) is 18.3 Å². The molecule has 1 aromatic heterocycles. The van der Waals surface area contributed by atoms with Gasteiger partial charge in [0.25, 0.3) is 0 Å². The molecule has 2 aliphatic heterocycles. The first-order valence-electron chi connectivity index (χ1n) is 10.7. The number of aromatic nitrogens is 1. The normalized spacial score (nSPS) is 26.9. The highest BCUT2D eigenvalue weighted by Crippen LogP contribution is 2.36. The highest BCUT2D eigenvalue weighted by Gasteiger charge is 2.41. The Hall–Kier alpha value is -2.27. The molecule has 32 heavy (non-hydrogen) atoms. The van der Waals surface area contributed by atoms with Gasteiger partial charge in [-0.1, -0.05) is 18.2 Å². The van der Waals surface area contributed by atoms with Crippen molar-refractivity contribution < 1.29 is 22.3 Å². The molecule has 0 aliphatic carbocycles. The van der Waals surface area contributed by atoms with Crippen molar-refractivity contribution in [3.8, 4) is 5.75 Å². The number of aryl methyl sites for hydroxylation is 1. The smallest absolute Gasteiger partial charge is 0.406 e. The molecule has 2 saturated heterocycles. The average Bonchev–Trinajstić information content (AvgIpc) is 3.23. The fourth-order valence-electron chi connectivity index (χ4n) is 4.37. The topological polar surface area (TPSA) is 61.5 Å². The van der Waals surface area contributed by atoms with E-state index in [9.17, 15) is 13.2 Å². The summed E-state index contributed by atoms with van der Waals surface area (Å²) in [6, 6.07) is 9.67. The first-order valence-corrected chi connectivity index (χ1v) is 10.7. The van der Waals surface area contributed by atoms with E-state index < -0.39 is 24.9 Å². The zero-order valence-electron chi connectivity index (χ0n) is 17.7. The van der Waals surface area contributed by atoms with Crippen LogP contribution in [0.25, 0.3) is 0 Å². The van der Waals surface area contributed by atoms with Crippen molar-refractivity contribution in [2.75, 3.05) is 13.2 Å². The van der Waals surface area contributed by atoms with Gasteiger partial charge in [-0.3, -0.25) is 25.8 Å². The van der Waals surface area contributed by atoms with E-state index in [-0.39, 0.29) is 11.8 Å². The van der Waals surface area contributed by atoms with Gasteiger partial charge in [-0.15, -0.1) is 13.2 Å². The van der Waals surface area contributed by atoms with Gasteiger partial charge < -0.3 is 4.74 Å². The number of rotatable bonds is 6. The Balaban J connectivity index is 1.40. The molecule has 4 rings (SSSR count). The van der Waals surface area contributed by atoms with Gasteiger partial charge >= 0.3 is 6.36 Å². The van der Waals surface area contributed by atoms with Crippen molar-refractivity contribution in [1.29, 1.82) is 0 Å². The molecule has 2 aliphatic rings. The second-order valence-electron chi connectivity index (χ2n) is 8.15. The van der Waals surface area contributed by atoms with Gasteiger partial charge in [-0.2, -0.15) is 0 Å². The van der Waals surface area contributed by atoms with Crippen LogP contribution in [0.1, 0.15) is 35.7 Å². The molecular weight excluding hydrogens is 426 g/mol. The Morgan fingerprint density at radius 2 is 1.94 bits per heavy atom. The molecule has 6 nitrogen and oxygen atoms in total. The van der Waals surface area contributed by atoms with Gasteiger partial charge in [0.05, 0.1) is 12.3 Å². The van der Waals surface area contributed by atoms with Crippen LogP contribution in [0.15, 0.2) is 42.6 Å². The number of nitrogens with one attached hydrogen (secondary N) is 3. The molecule has 1 aromatic carbocycles. The van der Waals surface area contributed by atoms with Crippen LogP contribution < -0.4 is 20.7 Å². The van der Waals surface area contributed by atoms with E-state index in [1.165, 1.54) is 12.1 Å². The Kier molecular flexibility index (Phi) is 6.94. The molecule has 0 radical (unpaired) electrons. The average molecular weight is 453 g/mol. The van der Waals surface area contributed by atoms with Gasteiger partial charge in [0.1, 0.15) is 5.75 Å². The van der Waals surface area contributed by atoms with Crippen molar-refractivity contribution in [3.05, 3.63) is 59.4 Å². The van der Waals surface area contributed by atoms with Crippen LogP contribution in [-0.2, 0) is 6.54 Å². The molecule has 0 amide bonds. The third-order valence-electron chi connectivity index (χ3n) is 5.90. The molecule has 3 heterocycles. The number of alkyl halides is 4. The summed E-state index contributed by atoms with van der Waals surface area (Å²) in [5.74, 6) is -0.260. The lowest BCUT2D eigenvalue weighted by atomic mass is 10.0. The Labute approximate surface area is 184 Å². The molecule has 0 spiro atoms. The van der Waals surface area contributed by atoms with Crippen LogP contribution in [0.5, 0.6) is 5.75 Å². The van der Waals surface area contributed by atoms with Gasteiger partial charge in [0.2, 0.25) is 0 Å². The first-order chi connectivity index (χ1) is 15.3. The number of hydrogen-bond donors (Lipinski definition) is 3. The summed E-state index contributed by atoms with van der Waals surface area (Å²) in [5.41, 5.74) is 2.75. The number of likely N-dealkylation sites (tertiary alicyclic amines) is 1. The summed E-state index contributed by atoms with van der Waals surface area (Å²) in [6.07, 6.45) is -3.53. The minimum atomic E-state index is -4.72. The number of pyridine rings is 1. The molecule has 0 bridgehead atoms. The third-order valence-corrected chi connectivity index (χ3v) is 5.90. The van der Waals surface area contributed by atoms with Crippen molar-refractivity contribution in [2.45, 2.75) is 57.2 Å². The van der Waals surface area contributed by atoms with E-state index in [4.69, 9.17) is 0 Å². The summed E-state index contributed by atoms with van der Waals surface area (Å²) in [4.78, 5) is 6.33. The lowest BCUT2D eigenvalue weighted by molar-refractivity contribution is -0.274. The summed E-state index contributed by atoms with van der Waals surface area (Å²) < 4.78 is 56.7. The molecule has 4 unspecified atom stereocenters. The van der Waals surface area contributed by atoms with E-state index in [0.29, 0.717) is 19.8 Å². The van der Waals surface area contributed by atoms with Crippen molar-refractivity contribution >= 4 is 0 Å². The molecule has 4 atom stereocenters. The van der Waals surface area contributed by atoms with Crippen molar-refractivity contribution in [1.82, 2.24) is 25.8 Å². The third kappa shape index (κ3) is 5.55. The monoisotopic (exact) mass is 453 g/mol. The predicted molar refractivity (Wildman–Crippen MR) is 111 cm³/mol. The zero-order valence-corrected chi connectivity index (χ0v) is 17.7. The summed E-state index contributed by atoms with van der Waals surface area (Å²) >= 11 is 0. The molecule has 2 aromatic rings. The van der Waals surface area contributed by atoms with Crippen LogP contribution in [0.2, 0.25) is 0 Å².